The lowest BCUT2D eigenvalue weighted by molar-refractivity contribution is 0.123. The zero-order valence-electron chi connectivity index (χ0n) is 11.5. The van der Waals surface area contributed by atoms with Crippen LogP contribution in [-0.2, 0) is 6.54 Å². The third kappa shape index (κ3) is 2.78. The van der Waals surface area contributed by atoms with E-state index in [4.69, 9.17) is 10.5 Å². The molecule has 0 spiro atoms. The van der Waals surface area contributed by atoms with E-state index >= 15 is 0 Å². The minimum Gasteiger partial charge on any atom is -0.496 e. The molecule has 3 heteroatoms. The van der Waals surface area contributed by atoms with Gasteiger partial charge in [0.05, 0.1) is 7.11 Å². The first-order valence-electron chi connectivity index (χ1n) is 6.82. The van der Waals surface area contributed by atoms with Crippen molar-refractivity contribution >= 4 is 5.69 Å². The van der Waals surface area contributed by atoms with Crippen molar-refractivity contribution in [1.82, 2.24) is 5.32 Å². The first-order chi connectivity index (χ1) is 8.69. The van der Waals surface area contributed by atoms with E-state index in [2.05, 4.69) is 12.2 Å². The molecule has 1 aliphatic rings. The molecule has 1 saturated carbocycles. The van der Waals surface area contributed by atoms with Gasteiger partial charge in [-0.1, -0.05) is 19.4 Å². The topological polar surface area (TPSA) is 47.3 Å². The molecular weight excluding hydrogens is 224 g/mol. The average Bonchev–Trinajstić information content (AvgIpc) is 2.34. The lowest BCUT2D eigenvalue weighted by Crippen LogP contribution is -2.39. The minimum absolute atomic E-state index is 0.557. The number of nitrogens with one attached hydrogen (secondary N) is 1. The normalized spacial score (nSPS) is 17.2. The van der Waals surface area contributed by atoms with E-state index < -0.39 is 0 Å². The highest BCUT2D eigenvalue weighted by Crippen LogP contribution is 2.43. The third-order valence-electron chi connectivity index (χ3n) is 4.29. The summed E-state index contributed by atoms with van der Waals surface area (Å²) in [5.74, 6) is 0.877. The van der Waals surface area contributed by atoms with Crippen LogP contribution in [0.25, 0.3) is 0 Å². The molecule has 0 bridgehead atoms. The molecule has 0 atom stereocenters. The van der Waals surface area contributed by atoms with Crippen LogP contribution >= 0.6 is 0 Å². The molecule has 0 saturated heterocycles. The van der Waals surface area contributed by atoms with Crippen LogP contribution in [0.15, 0.2) is 18.2 Å². The molecular formula is C15H24N2O. The van der Waals surface area contributed by atoms with E-state index in [9.17, 15) is 0 Å². The maximum atomic E-state index is 5.75. The number of rotatable bonds is 6. The quantitative estimate of drug-likeness (QED) is 0.761. The Hall–Kier alpha value is -1.22. The Bertz CT molecular complexity index is 394. The van der Waals surface area contributed by atoms with E-state index in [0.717, 1.165) is 24.5 Å². The van der Waals surface area contributed by atoms with Crippen molar-refractivity contribution < 1.29 is 4.74 Å². The fourth-order valence-corrected chi connectivity index (χ4v) is 2.70. The number of nitrogen functional groups attached to an aromatic ring is 1. The number of methoxy groups -OCH3 is 1. The summed E-state index contributed by atoms with van der Waals surface area (Å²) >= 11 is 0. The van der Waals surface area contributed by atoms with E-state index in [1.807, 2.05) is 18.2 Å². The molecule has 100 valence electrons. The molecule has 1 aromatic rings. The van der Waals surface area contributed by atoms with Crippen molar-refractivity contribution in [1.29, 1.82) is 0 Å². The van der Waals surface area contributed by atoms with Gasteiger partial charge in [0.2, 0.25) is 0 Å². The molecule has 3 nitrogen and oxygen atoms in total. The number of ether oxygens (including phenoxy) is 1. The summed E-state index contributed by atoms with van der Waals surface area (Å²) in [6, 6.07) is 5.86. The summed E-state index contributed by atoms with van der Waals surface area (Å²) in [7, 11) is 1.69. The summed E-state index contributed by atoms with van der Waals surface area (Å²) in [5.41, 5.74) is 8.24. The summed E-state index contributed by atoms with van der Waals surface area (Å²) in [6.45, 7) is 4.26. The first-order valence-corrected chi connectivity index (χ1v) is 6.82. The molecule has 1 aliphatic carbocycles. The highest BCUT2D eigenvalue weighted by molar-refractivity contribution is 5.48. The Labute approximate surface area is 110 Å². The van der Waals surface area contributed by atoms with E-state index in [-0.39, 0.29) is 0 Å². The van der Waals surface area contributed by atoms with E-state index in [1.54, 1.807) is 7.11 Å². The second-order valence-electron chi connectivity index (χ2n) is 5.38. The molecule has 0 unspecified atom stereocenters. The van der Waals surface area contributed by atoms with Crippen molar-refractivity contribution in [2.75, 3.05) is 19.4 Å². The second-order valence-corrected chi connectivity index (χ2v) is 5.38. The molecule has 2 rings (SSSR count). The summed E-state index contributed by atoms with van der Waals surface area (Å²) in [5, 5.41) is 3.57. The molecule has 0 heterocycles. The van der Waals surface area contributed by atoms with Gasteiger partial charge in [-0.25, -0.2) is 0 Å². The highest BCUT2D eigenvalue weighted by Gasteiger charge is 2.34. The van der Waals surface area contributed by atoms with Gasteiger partial charge in [-0.15, -0.1) is 0 Å². The fourth-order valence-electron chi connectivity index (χ4n) is 2.70. The number of benzene rings is 1. The predicted octanol–water partition coefficient (Wildman–Crippen LogP) is 2.95. The van der Waals surface area contributed by atoms with Gasteiger partial charge in [-0.3, -0.25) is 0 Å². The van der Waals surface area contributed by atoms with Crippen molar-refractivity contribution in [2.45, 2.75) is 39.2 Å². The summed E-state index contributed by atoms with van der Waals surface area (Å²) < 4.78 is 5.36. The van der Waals surface area contributed by atoms with Crippen LogP contribution < -0.4 is 15.8 Å². The molecule has 0 radical (unpaired) electrons. The smallest absolute Gasteiger partial charge is 0.125 e. The Kier molecular flexibility index (Phi) is 4.12. The standard InChI is InChI=1S/C15H24N2O/c1-3-15(7-4-8-15)11-17-10-12-5-6-13(16)9-14(12)18-2/h5-6,9,17H,3-4,7-8,10-11,16H2,1-2H3. The van der Waals surface area contributed by atoms with Crippen molar-refractivity contribution in [3.8, 4) is 5.75 Å². The zero-order valence-corrected chi connectivity index (χ0v) is 11.5. The summed E-state index contributed by atoms with van der Waals surface area (Å²) in [4.78, 5) is 0. The zero-order chi connectivity index (χ0) is 13.0. The first kappa shape index (κ1) is 13.2. The Morgan fingerprint density at radius 1 is 1.39 bits per heavy atom. The van der Waals surface area contributed by atoms with Crippen LogP contribution in [0.4, 0.5) is 5.69 Å². The van der Waals surface area contributed by atoms with Gasteiger partial charge in [0, 0.05) is 30.4 Å². The molecule has 0 amide bonds. The van der Waals surface area contributed by atoms with Gasteiger partial charge in [0.25, 0.3) is 0 Å². The van der Waals surface area contributed by atoms with Crippen LogP contribution in [0.1, 0.15) is 38.2 Å². The van der Waals surface area contributed by atoms with E-state index in [0.29, 0.717) is 5.41 Å². The molecule has 0 aliphatic heterocycles. The highest BCUT2D eigenvalue weighted by atomic mass is 16.5. The van der Waals surface area contributed by atoms with Crippen LogP contribution in [0.3, 0.4) is 0 Å². The Morgan fingerprint density at radius 2 is 2.17 bits per heavy atom. The third-order valence-corrected chi connectivity index (χ3v) is 4.29. The molecule has 0 aromatic heterocycles. The van der Waals surface area contributed by atoms with Crippen molar-refractivity contribution in [2.24, 2.45) is 5.41 Å². The SMILES string of the molecule is CCC1(CNCc2ccc(N)cc2OC)CCC1. The molecule has 1 fully saturated rings. The predicted molar refractivity (Wildman–Crippen MR) is 75.7 cm³/mol. The van der Waals surface area contributed by atoms with Crippen LogP contribution in [-0.4, -0.2) is 13.7 Å². The molecule has 18 heavy (non-hydrogen) atoms. The number of hydrogen-bond acceptors (Lipinski definition) is 3. The number of nitrogens with two attached hydrogens (primary N) is 1. The van der Waals surface area contributed by atoms with Gasteiger partial charge in [0.15, 0.2) is 0 Å². The number of hydrogen-bond donors (Lipinski definition) is 2. The average molecular weight is 248 g/mol. The monoisotopic (exact) mass is 248 g/mol. The van der Waals surface area contributed by atoms with Gasteiger partial charge in [-0.2, -0.15) is 0 Å². The van der Waals surface area contributed by atoms with Crippen molar-refractivity contribution in [3.63, 3.8) is 0 Å². The second kappa shape index (κ2) is 5.61. The lowest BCUT2D eigenvalue weighted by atomic mass is 9.67. The van der Waals surface area contributed by atoms with Crippen molar-refractivity contribution in [3.05, 3.63) is 23.8 Å². The Balaban J connectivity index is 1.90. The van der Waals surface area contributed by atoms with Crippen LogP contribution in [0, 0.1) is 5.41 Å². The van der Waals surface area contributed by atoms with Crippen LogP contribution in [0.5, 0.6) is 5.75 Å². The van der Waals surface area contributed by atoms with Gasteiger partial charge in [0.1, 0.15) is 5.75 Å². The van der Waals surface area contributed by atoms with E-state index in [1.165, 1.54) is 31.2 Å². The fraction of sp³-hybridized carbons (Fsp3) is 0.600. The minimum atomic E-state index is 0.557. The van der Waals surface area contributed by atoms with Crippen LogP contribution in [0.2, 0.25) is 0 Å². The largest absolute Gasteiger partial charge is 0.496 e. The summed E-state index contributed by atoms with van der Waals surface area (Å²) in [6.07, 6.45) is 5.41. The van der Waals surface area contributed by atoms with Gasteiger partial charge < -0.3 is 15.8 Å². The lowest BCUT2D eigenvalue weighted by Gasteiger charge is -2.41. The van der Waals surface area contributed by atoms with Gasteiger partial charge >= 0.3 is 0 Å². The maximum absolute atomic E-state index is 5.75. The maximum Gasteiger partial charge on any atom is 0.125 e. The molecule has 1 aromatic carbocycles. The van der Waals surface area contributed by atoms with Gasteiger partial charge in [-0.05, 0) is 30.7 Å². The molecule has 3 N–H and O–H groups in total. The Morgan fingerprint density at radius 3 is 2.72 bits per heavy atom. The number of anilines is 1.